The first kappa shape index (κ1) is 10.9. The van der Waals surface area contributed by atoms with Gasteiger partial charge >= 0.3 is 0 Å². The number of aliphatic hydroxyl groups is 1. The van der Waals surface area contributed by atoms with Crippen LogP contribution in [0.15, 0.2) is 0 Å². The van der Waals surface area contributed by atoms with Gasteiger partial charge < -0.3 is 16.2 Å². The molecule has 0 unspecified atom stereocenters. The number of hydrogen-bond acceptors (Lipinski definition) is 6. The van der Waals surface area contributed by atoms with Gasteiger partial charge in [0.1, 0.15) is 0 Å². The zero-order valence-electron chi connectivity index (χ0n) is 7.95. The van der Waals surface area contributed by atoms with Gasteiger partial charge in [-0.2, -0.15) is 15.0 Å². The Hall–Kier alpha value is -1.14. The molecule has 0 saturated carbocycles. The molecule has 0 spiro atoms. The van der Waals surface area contributed by atoms with Gasteiger partial charge in [-0.1, -0.05) is 0 Å². The summed E-state index contributed by atoms with van der Waals surface area (Å²) in [4.78, 5) is 11.2. The maximum absolute atomic E-state index is 9.00. The molecule has 7 heteroatoms. The molecule has 0 aliphatic heterocycles. The molecular weight excluding hydrogens is 206 g/mol. The van der Waals surface area contributed by atoms with Crippen molar-refractivity contribution in [1.29, 1.82) is 0 Å². The fourth-order valence-corrected chi connectivity index (χ4v) is 0.930. The number of nitrogens with two attached hydrogens (primary N) is 1. The molecule has 1 aromatic rings. The van der Waals surface area contributed by atoms with Gasteiger partial charge in [0.05, 0.1) is 12.1 Å². The van der Waals surface area contributed by atoms with Crippen molar-refractivity contribution in [2.75, 3.05) is 17.7 Å². The number of hydrogen-bond donors (Lipinski definition) is 3. The molecule has 0 bridgehead atoms. The Morgan fingerprint density at radius 2 is 2.07 bits per heavy atom. The summed E-state index contributed by atoms with van der Waals surface area (Å²) in [6.07, 6.45) is 0. The van der Waals surface area contributed by atoms with E-state index in [1.54, 1.807) is 13.8 Å². The number of nitrogens with zero attached hydrogens (tertiary/aromatic N) is 3. The molecule has 0 aliphatic carbocycles. The van der Waals surface area contributed by atoms with E-state index in [4.69, 9.17) is 22.4 Å². The molecular formula is C7H12ClN5O. The maximum atomic E-state index is 9.00. The van der Waals surface area contributed by atoms with E-state index in [0.29, 0.717) is 0 Å². The number of anilines is 2. The van der Waals surface area contributed by atoms with Crippen LogP contribution in [-0.2, 0) is 0 Å². The Labute approximate surface area is 86.5 Å². The highest BCUT2D eigenvalue weighted by Gasteiger charge is 2.17. The third kappa shape index (κ3) is 2.97. The second-order valence-corrected chi connectivity index (χ2v) is 3.79. The van der Waals surface area contributed by atoms with Crippen molar-refractivity contribution in [3.8, 4) is 0 Å². The van der Waals surface area contributed by atoms with E-state index in [1.807, 2.05) is 0 Å². The normalized spacial score (nSPS) is 11.4. The molecule has 0 saturated heterocycles. The molecule has 1 rings (SSSR count). The summed E-state index contributed by atoms with van der Waals surface area (Å²) in [7, 11) is 0. The summed E-state index contributed by atoms with van der Waals surface area (Å²) >= 11 is 5.58. The lowest BCUT2D eigenvalue weighted by molar-refractivity contribution is 0.233. The first-order valence-electron chi connectivity index (χ1n) is 3.99. The molecule has 1 aromatic heterocycles. The van der Waals surface area contributed by atoms with Crippen LogP contribution in [0.25, 0.3) is 0 Å². The van der Waals surface area contributed by atoms with Gasteiger partial charge in [0.2, 0.25) is 17.2 Å². The predicted octanol–water partition coefficient (Wildman–Crippen LogP) is 0.290. The van der Waals surface area contributed by atoms with E-state index in [1.165, 1.54) is 0 Å². The zero-order valence-corrected chi connectivity index (χ0v) is 8.71. The molecule has 78 valence electrons. The van der Waals surface area contributed by atoms with Crippen LogP contribution in [0, 0.1) is 0 Å². The number of aromatic nitrogens is 3. The molecule has 1 heterocycles. The van der Waals surface area contributed by atoms with Crippen molar-refractivity contribution < 1.29 is 5.11 Å². The minimum atomic E-state index is -0.531. The number of nitrogen functional groups attached to an aromatic ring is 1. The van der Waals surface area contributed by atoms with Crippen molar-refractivity contribution in [2.45, 2.75) is 19.4 Å². The smallest absolute Gasteiger partial charge is 0.229 e. The quantitative estimate of drug-likeness (QED) is 0.674. The lowest BCUT2D eigenvalue weighted by Crippen LogP contribution is -2.35. The van der Waals surface area contributed by atoms with Crippen molar-refractivity contribution in [1.82, 2.24) is 15.0 Å². The average molecular weight is 218 g/mol. The first-order chi connectivity index (χ1) is 6.43. The fourth-order valence-electron chi connectivity index (χ4n) is 0.764. The molecule has 0 radical (unpaired) electrons. The van der Waals surface area contributed by atoms with Crippen molar-refractivity contribution in [2.24, 2.45) is 0 Å². The van der Waals surface area contributed by atoms with Crippen molar-refractivity contribution in [3.05, 3.63) is 5.28 Å². The van der Waals surface area contributed by atoms with E-state index < -0.39 is 5.54 Å². The Bertz CT molecular complexity index is 310. The Morgan fingerprint density at radius 3 is 2.57 bits per heavy atom. The standard InChI is InChI=1S/C7H12ClN5O/c1-7(2,3-14)13-6-11-4(8)10-5(9)12-6/h14H,3H2,1-2H3,(H3,9,10,11,12,13). The largest absolute Gasteiger partial charge is 0.394 e. The molecule has 0 amide bonds. The molecule has 14 heavy (non-hydrogen) atoms. The lowest BCUT2D eigenvalue weighted by Gasteiger charge is -2.23. The summed E-state index contributed by atoms with van der Waals surface area (Å²) < 4.78 is 0. The highest BCUT2D eigenvalue weighted by Crippen LogP contribution is 2.12. The topological polar surface area (TPSA) is 97.0 Å². The van der Waals surface area contributed by atoms with E-state index in [9.17, 15) is 0 Å². The van der Waals surface area contributed by atoms with E-state index in [2.05, 4.69) is 20.3 Å². The fraction of sp³-hybridized carbons (Fsp3) is 0.571. The van der Waals surface area contributed by atoms with Crippen LogP contribution in [0.5, 0.6) is 0 Å². The number of aliphatic hydroxyl groups excluding tert-OH is 1. The van der Waals surface area contributed by atoms with Gasteiger partial charge in [-0.25, -0.2) is 0 Å². The van der Waals surface area contributed by atoms with Crippen LogP contribution in [0.3, 0.4) is 0 Å². The molecule has 0 fully saturated rings. The van der Waals surface area contributed by atoms with Gasteiger partial charge in [-0.15, -0.1) is 0 Å². The highest BCUT2D eigenvalue weighted by atomic mass is 35.5. The summed E-state index contributed by atoms with van der Waals surface area (Å²) in [6, 6.07) is 0. The Balaban J connectivity index is 2.87. The van der Waals surface area contributed by atoms with Crippen molar-refractivity contribution in [3.63, 3.8) is 0 Å². The maximum Gasteiger partial charge on any atom is 0.229 e. The number of rotatable bonds is 3. The summed E-state index contributed by atoms with van der Waals surface area (Å²) in [5.41, 5.74) is 4.84. The molecule has 0 atom stereocenters. The van der Waals surface area contributed by atoms with Crippen LogP contribution < -0.4 is 11.1 Å². The second-order valence-electron chi connectivity index (χ2n) is 3.45. The van der Waals surface area contributed by atoms with Gasteiger partial charge in [0, 0.05) is 0 Å². The van der Waals surface area contributed by atoms with Crippen molar-refractivity contribution >= 4 is 23.5 Å². The molecule has 6 nitrogen and oxygen atoms in total. The highest BCUT2D eigenvalue weighted by molar-refractivity contribution is 6.28. The van der Waals surface area contributed by atoms with Gasteiger partial charge in [-0.05, 0) is 25.4 Å². The first-order valence-corrected chi connectivity index (χ1v) is 4.37. The summed E-state index contributed by atoms with van der Waals surface area (Å²) in [6.45, 7) is 3.53. The van der Waals surface area contributed by atoms with Crippen LogP contribution >= 0.6 is 11.6 Å². The van der Waals surface area contributed by atoms with E-state index >= 15 is 0 Å². The van der Waals surface area contributed by atoms with Gasteiger partial charge in [0.25, 0.3) is 0 Å². The Kier molecular flexibility index (Phi) is 3.07. The zero-order chi connectivity index (χ0) is 10.8. The predicted molar refractivity (Wildman–Crippen MR) is 54.0 cm³/mol. The minimum Gasteiger partial charge on any atom is -0.394 e. The number of nitrogens with one attached hydrogen (secondary N) is 1. The van der Waals surface area contributed by atoms with Crippen LogP contribution in [-0.4, -0.2) is 32.2 Å². The molecule has 4 N–H and O–H groups in total. The number of halogens is 1. The Morgan fingerprint density at radius 1 is 1.43 bits per heavy atom. The summed E-state index contributed by atoms with van der Waals surface area (Å²) in [5.74, 6) is 0.294. The van der Waals surface area contributed by atoms with E-state index in [-0.39, 0.29) is 23.8 Å². The SMILES string of the molecule is CC(C)(CO)Nc1nc(N)nc(Cl)n1. The third-order valence-electron chi connectivity index (χ3n) is 1.47. The molecule has 0 aromatic carbocycles. The monoisotopic (exact) mass is 217 g/mol. The van der Waals surface area contributed by atoms with Crippen LogP contribution in [0.4, 0.5) is 11.9 Å². The average Bonchev–Trinajstić information content (AvgIpc) is 2.01. The summed E-state index contributed by atoms with van der Waals surface area (Å²) in [5, 5.41) is 11.9. The van der Waals surface area contributed by atoms with Gasteiger partial charge in [-0.3, -0.25) is 0 Å². The van der Waals surface area contributed by atoms with E-state index in [0.717, 1.165) is 0 Å². The third-order valence-corrected chi connectivity index (χ3v) is 1.64. The minimum absolute atomic E-state index is 0.0220. The lowest BCUT2D eigenvalue weighted by atomic mass is 10.1. The molecule has 0 aliphatic rings. The van der Waals surface area contributed by atoms with Gasteiger partial charge in [0.15, 0.2) is 0 Å². The second kappa shape index (κ2) is 3.93. The van der Waals surface area contributed by atoms with Crippen LogP contribution in [0.1, 0.15) is 13.8 Å². The van der Waals surface area contributed by atoms with Crippen LogP contribution in [0.2, 0.25) is 5.28 Å².